The van der Waals surface area contributed by atoms with Gasteiger partial charge >= 0.3 is 0 Å². The molecule has 0 heterocycles. The first kappa shape index (κ1) is 16.5. The van der Waals surface area contributed by atoms with Crippen molar-refractivity contribution >= 4 is 5.91 Å². The first-order valence-corrected chi connectivity index (χ1v) is 6.95. The second-order valence-electron chi connectivity index (χ2n) is 6.23. The fourth-order valence-corrected chi connectivity index (χ4v) is 1.99. The number of ether oxygens (including phenoxy) is 1. The van der Waals surface area contributed by atoms with Crippen LogP contribution in [-0.2, 0) is 11.3 Å². The second-order valence-corrected chi connectivity index (χ2v) is 6.23. The molecule has 3 N–H and O–H groups in total. The van der Waals surface area contributed by atoms with Crippen LogP contribution in [0.2, 0.25) is 0 Å². The van der Waals surface area contributed by atoms with Gasteiger partial charge in [0, 0.05) is 12.1 Å². The molecule has 0 atom stereocenters. The lowest BCUT2D eigenvalue weighted by Crippen LogP contribution is -2.35. The molecular formula is C16H26N2O2. The number of benzene rings is 1. The monoisotopic (exact) mass is 278 g/mol. The number of carbonyl (C=O) groups is 1. The maximum Gasteiger partial charge on any atom is 0.220 e. The predicted molar refractivity (Wildman–Crippen MR) is 81.8 cm³/mol. The molecule has 0 aliphatic carbocycles. The number of carbonyl (C=O) groups excluding carboxylic acids is 1. The van der Waals surface area contributed by atoms with Gasteiger partial charge < -0.3 is 15.8 Å². The van der Waals surface area contributed by atoms with Gasteiger partial charge in [-0.25, -0.2) is 0 Å². The van der Waals surface area contributed by atoms with Crippen LogP contribution in [0.3, 0.4) is 0 Å². The number of hydrogen-bond donors (Lipinski definition) is 2. The van der Waals surface area contributed by atoms with Crippen LogP contribution in [0.5, 0.6) is 5.75 Å². The number of nitrogens with two attached hydrogens (primary N) is 1. The normalized spacial score (nSPS) is 11.4. The minimum Gasteiger partial charge on any atom is -0.493 e. The van der Waals surface area contributed by atoms with Crippen molar-refractivity contribution < 1.29 is 9.53 Å². The van der Waals surface area contributed by atoms with E-state index < -0.39 is 0 Å². The molecule has 0 aliphatic rings. The zero-order valence-electron chi connectivity index (χ0n) is 13.2. The lowest BCUT2D eigenvalue weighted by molar-refractivity contribution is -0.118. The Bertz CT molecular complexity index is 453. The van der Waals surface area contributed by atoms with E-state index in [1.807, 2.05) is 13.8 Å². The molecule has 112 valence electrons. The van der Waals surface area contributed by atoms with E-state index in [2.05, 4.69) is 38.2 Å². The molecule has 0 fully saturated rings. The highest BCUT2D eigenvalue weighted by atomic mass is 16.5. The molecule has 0 saturated carbocycles. The van der Waals surface area contributed by atoms with Crippen molar-refractivity contribution in [2.45, 2.75) is 53.1 Å². The Kier molecular flexibility index (Phi) is 5.57. The van der Waals surface area contributed by atoms with E-state index in [9.17, 15) is 4.79 Å². The summed E-state index contributed by atoms with van der Waals surface area (Å²) in [5, 5.41) is 3.47. The van der Waals surface area contributed by atoms with E-state index in [0.717, 1.165) is 23.4 Å². The zero-order valence-corrected chi connectivity index (χ0v) is 13.2. The first-order valence-electron chi connectivity index (χ1n) is 6.95. The average Bonchev–Trinajstić information content (AvgIpc) is 2.29. The van der Waals surface area contributed by atoms with E-state index in [-0.39, 0.29) is 17.9 Å². The molecule has 20 heavy (non-hydrogen) atoms. The molecule has 1 aromatic rings. The summed E-state index contributed by atoms with van der Waals surface area (Å²) < 4.78 is 5.66. The molecule has 1 aromatic carbocycles. The Morgan fingerprint density at radius 3 is 2.25 bits per heavy atom. The van der Waals surface area contributed by atoms with Gasteiger partial charge in [0.05, 0.1) is 13.0 Å². The van der Waals surface area contributed by atoms with Gasteiger partial charge in [0.2, 0.25) is 5.91 Å². The first-order chi connectivity index (χ1) is 9.19. The molecule has 4 heteroatoms. The van der Waals surface area contributed by atoms with Gasteiger partial charge in [-0.3, -0.25) is 4.79 Å². The summed E-state index contributed by atoms with van der Waals surface area (Å²) in [5.41, 5.74) is 8.61. The standard InChI is InChI=1S/C16H26N2O2/c1-11-8-13(10-18-16(3,4)5)9-12(2)15(11)20-7-6-14(17)19/h8-9,18H,6-7,10H2,1-5H3,(H2,17,19). The lowest BCUT2D eigenvalue weighted by Gasteiger charge is -2.21. The van der Waals surface area contributed by atoms with Crippen molar-refractivity contribution in [3.8, 4) is 5.75 Å². The summed E-state index contributed by atoms with van der Waals surface area (Å²) in [7, 11) is 0. The van der Waals surface area contributed by atoms with Crippen LogP contribution in [-0.4, -0.2) is 18.1 Å². The fraction of sp³-hybridized carbons (Fsp3) is 0.562. The number of primary amides is 1. The van der Waals surface area contributed by atoms with Crippen LogP contribution in [0.4, 0.5) is 0 Å². The van der Waals surface area contributed by atoms with Gasteiger partial charge in [0.1, 0.15) is 5.75 Å². The summed E-state index contributed by atoms with van der Waals surface area (Å²) in [6, 6.07) is 4.23. The van der Waals surface area contributed by atoms with E-state index in [4.69, 9.17) is 10.5 Å². The molecule has 0 aliphatic heterocycles. The Morgan fingerprint density at radius 1 is 1.25 bits per heavy atom. The quantitative estimate of drug-likeness (QED) is 0.840. The van der Waals surface area contributed by atoms with Crippen molar-refractivity contribution in [2.75, 3.05) is 6.61 Å². The molecule has 0 saturated heterocycles. The highest BCUT2D eigenvalue weighted by molar-refractivity contribution is 5.73. The smallest absolute Gasteiger partial charge is 0.220 e. The van der Waals surface area contributed by atoms with Crippen LogP contribution >= 0.6 is 0 Å². The summed E-state index contributed by atoms with van der Waals surface area (Å²) in [6.07, 6.45) is 0.242. The maximum atomic E-state index is 10.7. The van der Waals surface area contributed by atoms with Crippen molar-refractivity contribution in [2.24, 2.45) is 5.73 Å². The Balaban J connectivity index is 2.73. The van der Waals surface area contributed by atoms with E-state index in [0.29, 0.717) is 6.61 Å². The van der Waals surface area contributed by atoms with Gasteiger partial charge in [-0.2, -0.15) is 0 Å². The van der Waals surface area contributed by atoms with Crippen molar-refractivity contribution in [3.63, 3.8) is 0 Å². The van der Waals surface area contributed by atoms with Gasteiger partial charge in [0.15, 0.2) is 0 Å². The molecule has 0 bridgehead atoms. The second kappa shape index (κ2) is 6.75. The summed E-state index contributed by atoms with van der Waals surface area (Å²) in [6.45, 7) is 11.6. The maximum absolute atomic E-state index is 10.7. The number of aryl methyl sites for hydroxylation is 2. The third-order valence-corrected chi connectivity index (χ3v) is 2.94. The average molecular weight is 278 g/mol. The summed E-state index contributed by atoms with van der Waals surface area (Å²) >= 11 is 0. The van der Waals surface area contributed by atoms with Crippen LogP contribution < -0.4 is 15.8 Å². The molecule has 0 radical (unpaired) electrons. The van der Waals surface area contributed by atoms with E-state index in [1.165, 1.54) is 5.56 Å². The van der Waals surface area contributed by atoms with Crippen LogP contribution in [0.1, 0.15) is 43.9 Å². The molecule has 0 unspecified atom stereocenters. The molecular weight excluding hydrogens is 252 g/mol. The highest BCUT2D eigenvalue weighted by Gasteiger charge is 2.11. The highest BCUT2D eigenvalue weighted by Crippen LogP contribution is 2.25. The van der Waals surface area contributed by atoms with E-state index >= 15 is 0 Å². The number of hydrogen-bond acceptors (Lipinski definition) is 3. The number of nitrogens with one attached hydrogen (secondary N) is 1. The molecule has 0 aromatic heterocycles. The molecule has 1 amide bonds. The van der Waals surface area contributed by atoms with Crippen molar-refractivity contribution in [3.05, 3.63) is 28.8 Å². The zero-order chi connectivity index (χ0) is 15.3. The largest absolute Gasteiger partial charge is 0.493 e. The topological polar surface area (TPSA) is 64.3 Å². The minimum atomic E-state index is -0.341. The number of rotatable bonds is 6. The van der Waals surface area contributed by atoms with Gasteiger partial charge in [-0.15, -0.1) is 0 Å². The van der Waals surface area contributed by atoms with Crippen LogP contribution in [0, 0.1) is 13.8 Å². The molecule has 0 spiro atoms. The molecule has 1 rings (SSSR count). The SMILES string of the molecule is Cc1cc(CNC(C)(C)C)cc(C)c1OCCC(N)=O. The summed E-state index contributed by atoms with van der Waals surface area (Å²) in [5.74, 6) is 0.511. The molecule has 4 nitrogen and oxygen atoms in total. The van der Waals surface area contributed by atoms with E-state index in [1.54, 1.807) is 0 Å². The third-order valence-electron chi connectivity index (χ3n) is 2.94. The Labute approximate surface area is 121 Å². The summed E-state index contributed by atoms with van der Waals surface area (Å²) in [4.78, 5) is 10.7. The third kappa shape index (κ3) is 5.61. The Morgan fingerprint density at radius 2 is 1.80 bits per heavy atom. The van der Waals surface area contributed by atoms with Gasteiger partial charge in [-0.1, -0.05) is 12.1 Å². The Hall–Kier alpha value is -1.55. The fourth-order valence-electron chi connectivity index (χ4n) is 1.99. The van der Waals surface area contributed by atoms with Crippen LogP contribution in [0.15, 0.2) is 12.1 Å². The van der Waals surface area contributed by atoms with Gasteiger partial charge in [0.25, 0.3) is 0 Å². The lowest BCUT2D eigenvalue weighted by atomic mass is 10.0. The van der Waals surface area contributed by atoms with Gasteiger partial charge in [-0.05, 0) is 51.3 Å². The van der Waals surface area contributed by atoms with Crippen molar-refractivity contribution in [1.29, 1.82) is 0 Å². The number of amides is 1. The van der Waals surface area contributed by atoms with Crippen molar-refractivity contribution in [1.82, 2.24) is 5.32 Å². The van der Waals surface area contributed by atoms with Crippen LogP contribution in [0.25, 0.3) is 0 Å². The minimum absolute atomic E-state index is 0.0957. The predicted octanol–water partition coefficient (Wildman–Crippen LogP) is 2.45.